The van der Waals surface area contributed by atoms with E-state index in [0.29, 0.717) is 10.6 Å². The Kier molecular flexibility index (Phi) is 1.98. The molecule has 0 saturated heterocycles. The van der Waals surface area contributed by atoms with Gasteiger partial charge in [-0.15, -0.1) is 0 Å². The van der Waals surface area contributed by atoms with E-state index < -0.39 is 0 Å². The fourth-order valence-corrected chi connectivity index (χ4v) is 2.04. The number of para-hydroxylation sites is 1. The molecule has 0 atom stereocenters. The number of hydrogen-bond acceptors (Lipinski definition) is 1. The molecule has 3 rings (SSSR count). The zero-order valence-electron chi connectivity index (χ0n) is 8.35. The van der Waals surface area contributed by atoms with E-state index in [2.05, 4.69) is 0 Å². The third kappa shape index (κ3) is 1.31. The van der Waals surface area contributed by atoms with Crippen molar-refractivity contribution in [1.29, 1.82) is 0 Å². The van der Waals surface area contributed by atoms with Crippen LogP contribution in [0.4, 0.5) is 11.4 Å². The number of amides is 1. The molecule has 1 aliphatic heterocycles. The monoisotopic (exact) mass is 229 g/mol. The van der Waals surface area contributed by atoms with Crippen molar-refractivity contribution in [2.45, 2.75) is 0 Å². The number of benzene rings is 2. The van der Waals surface area contributed by atoms with Crippen LogP contribution in [0.2, 0.25) is 5.02 Å². The first-order valence-electron chi connectivity index (χ1n) is 4.97. The van der Waals surface area contributed by atoms with Crippen LogP contribution in [0.3, 0.4) is 0 Å². The van der Waals surface area contributed by atoms with Crippen molar-refractivity contribution in [3.8, 4) is 0 Å². The Morgan fingerprint density at radius 3 is 2.44 bits per heavy atom. The van der Waals surface area contributed by atoms with Gasteiger partial charge in [0.1, 0.15) is 0 Å². The molecular formula is C13H8ClNO. The molecule has 1 aliphatic rings. The second kappa shape index (κ2) is 3.35. The average molecular weight is 230 g/mol. The highest BCUT2D eigenvalue weighted by molar-refractivity contribution is 6.39. The van der Waals surface area contributed by atoms with Crippen molar-refractivity contribution in [1.82, 2.24) is 0 Å². The number of fused-ring (bicyclic) bond motifs is 1. The summed E-state index contributed by atoms with van der Waals surface area (Å²) in [4.78, 5) is 13.7. The predicted molar refractivity (Wildman–Crippen MR) is 64.4 cm³/mol. The van der Waals surface area contributed by atoms with Crippen molar-refractivity contribution in [3.63, 3.8) is 0 Å². The van der Waals surface area contributed by atoms with E-state index in [4.69, 9.17) is 11.6 Å². The first-order chi connectivity index (χ1) is 7.79. The first-order valence-corrected chi connectivity index (χ1v) is 5.35. The lowest BCUT2D eigenvalue weighted by Crippen LogP contribution is -2.12. The van der Waals surface area contributed by atoms with Gasteiger partial charge in [-0.25, -0.2) is 0 Å². The number of anilines is 2. The average Bonchev–Trinajstić information content (AvgIpc) is 3.05. The molecule has 0 N–H and O–H groups in total. The van der Waals surface area contributed by atoms with Crippen molar-refractivity contribution in [3.05, 3.63) is 59.1 Å². The lowest BCUT2D eigenvalue weighted by molar-refractivity contribution is 0.101. The van der Waals surface area contributed by atoms with Crippen LogP contribution in [0.1, 0.15) is 10.4 Å². The van der Waals surface area contributed by atoms with Gasteiger partial charge in [0.15, 0.2) is 0 Å². The minimum atomic E-state index is -0.0244. The minimum absolute atomic E-state index is 0.0244. The lowest BCUT2D eigenvalue weighted by Gasteiger charge is -2.01. The summed E-state index contributed by atoms with van der Waals surface area (Å²) in [7, 11) is 0. The fraction of sp³-hybridized carbons (Fsp3) is 0. The van der Waals surface area contributed by atoms with Gasteiger partial charge in [-0.05, 0) is 24.3 Å². The number of hydrogen-bond donors (Lipinski definition) is 0. The van der Waals surface area contributed by atoms with Crippen LogP contribution in [-0.4, -0.2) is 5.91 Å². The standard InChI is InChI=1S/C13H8ClNO/c14-10-7-4-8-11-12(10)15(11)13(16)9-5-2-1-3-6-9/h1-8H. The van der Waals surface area contributed by atoms with Gasteiger partial charge in [0.25, 0.3) is 5.91 Å². The van der Waals surface area contributed by atoms with Gasteiger partial charge >= 0.3 is 0 Å². The lowest BCUT2D eigenvalue weighted by atomic mass is 10.2. The van der Waals surface area contributed by atoms with Crippen LogP contribution in [0.5, 0.6) is 0 Å². The van der Waals surface area contributed by atoms with Gasteiger partial charge in [-0.2, -0.15) is 0 Å². The van der Waals surface area contributed by atoms with E-state index in [1.807, 2.05) is 30.3 Å². The molecule has 0 radical (unpaired) electrons. The molecular weight excluding hydrogens is 222 g/mol. The van der Waals surface area contributed by atoms with E-state index >= 15 is 0 Å². The normalized spacial score (nSPS) is 12.2. The molecule has 0 saturated carbocycles. The third-order valence-corrected chi connectivity index (χ3v) is 2.91. The van der Waals surface area contributed by atoms with Crippen molar-refractivity contribution >= 4 is 28.9 Å². The summed E-state index contributed by atoms with van der Waals surface area (Å²) in [5.41, 5.74) is 2.41. The van der Waals surface area contributed by atoms with Gasteiger partial charge in [-0.1, -0.05) is 35.9 Å². The molecule has 0 bridgehead atoms. The Labute approximate surface area is 98.1 Å². The summed E-state index contributed by atoms with van der Waals surface area (Å²) in [6.45, 7) is 0. The summed E-state index contributed by atoms with van der Waals surface area (Å²) in [5.74, 6) is -0.0244. The maximum atomic E-state index is 12.1. The summed E-state index contributed by atoms with van der Waals surface area (Å²) in [5, 5.41) is 0.627. The maximum absolute atomic E-state index is 12.1. The van der Waals surface area contributed by atoms with Crippen molar-refractivity contribution in [2.75, 3.05) is 4.90 Å². The predicted octanol–water partition coefficient (Wildman–Crippen LogP) is 3.63. The Morgan fingerprint density at radius 2 is 1.75 bits per heavy atom. The summed E-state index contributed by atoms with van der Waals surface area (Å²) >= 11 is 5.99. The fourth-order valence-electron chi connectivity index (χ4n) is 1.78. The number of carbonyl (C=O) groups excluding carboxylic acids is 1. The zero-order valence-corrected chi connectivity index (χ0v) is 9.11. The van der Waals surface area contributed by atoms with E-state index in [-0.39, 0.29) is 5.91 Å². The topological polar surface area (TPSA) is 20.1 Å². The molecule has 3 heteroatoms. The van der Waals surface area contributed by atoms with Gasteiger partial charge in [0.2, 0.25) is 0 Å². The van der Waals surface area contributed by atoms with Crippen LogP contribution in [-0.2, 0) is 0 Å². The van der Waals surface area contributed by atoms with E-state index in [1.165, 1.54) is 0 Å². The van der Waals surface area contributed by atoms with Crippen LogP contribution in [0.25, 0.3) is 0 Å². The molecule has 16 heavy (non-hydrogen) atoms. The van der Waals surface area contributed by atoms with Gasteiger partial charge in [-0.3, -0.25) is 9.69 Å². The number of nitrogens with zero attached hydrogens (tertiary/aromatic N) is 1. The highest BCUT2D eigenvalue weighted by Crippen LogP contribution is 2.52. The van der Waals surface area contributed by atoms with Crippen LogP contribution >= 0.6 is 11.6 Å². The summed E-state index contributed by atoms with van der Waals surface area (Å²) in [6, 6.07) is 14.7. The third-order valence-electron chi connectivity index (χ3n) is 2.60. The molecule has 78 valence electrons. The Bertz CT molecular complexity index is 565. The van der Waals surface area contributed by atoms with E-state index in [1.54, 1.807) is 23.1 Å². The molecule has 2 nitrogen and oxygen atoms in total. The SMILES string of the molecule is O=C(c1ccccc1)N1c2cccc(Cl)c21. The minimum Gasteiger partial charge on any atom is -0.271 e. The summed E-state index contributed by atoms with van der Waals surface area (Å²) in [6.07, 6.45) is 0. The largest absolute Gasteiger partial charge is 0.271 e. The highest BCUT2D eigenvalue weighted by Gasteiger charge is 2.37. The molecule has 0 unspecified atom stereocenters. The van der Waals surface area contributed by atoms with Crippen molar-refractivity contribution < 1.29 is 4.79 Å². The van der Waals surface area contributed by atoms with Crippen LogP contribution < -0.4 is 4.90 Å². The zero-order chi connectivity index (χ0) is 11.1. The molecule has 2 aromatic rings. The van der Waals surface area contributed by atoms with Crippen molar-refractivity contribution in [2.24, 2.45) is 0 Å². The van der Waals surface area contributed by atoms with E-state index in [0.717, 1.165) is 11.4 Å². The van der Waals surface area contributed by atoms with Crippen LogP contribution in [0, 0.1) is 0 Å². The Morgan fingerprint density at radius 1 is 1.00 bits per heavy atom. The molecule has 1 heterocycles. The molecule has 0 aliphatic carbocycles. The Hall–Kier alpha value is -1.80. The quantitative estimate of drug-likeness (QED) is 0.684. The smallest absolute Gasteiger partial charge is 0.263 e. The second-order valence-corrected chi connectivity index (χ2v) is 4.02. The van der Waals surface area contributed by atoms with Gasteiger partial charge in [0, 0.05) is 5.56 Å². The number of halogens is 1. The number of rotatable bonds is 1. The molecule has 0 spiro atoms. The molecule has 2 aromatic carbocycles. The Balaban J connectivity index is 1.94. The molecule has 0 fully saturated rings. The summed E-state index contributed by atoms with van der Waals surface area (Å²) < 4.78 is 0. The molecule has 1 amide bonds. The maximum Gasteiger partial charge on any atom is 0.263 e. The van der Waals surface area contributed by atoms with E-state index in [9.17, 15) is 4.79 Å². The highest BCUT2D eigenvalue weighted by atomic mass is 35.5. The van der Waals surface area contributed by atoms with Crippen LogP contribution in [0.15, 0.2) is 48.5 Å². The number of carbonyl (C=O) groups is 1. The van der Waals surface area contributed by atoms with Gasteiger partial charge < -0.3 is 0 Å². The molecule has 0 aromatic heterocycles. The van der Waals surface area contributed by atoms with Gasteiger partial charge in [0.05, 0.1) is 16.4 Å². The second-order valence-electron chi connectivity index (χ2n) is 3.61. The first kappa shape index (κ1) is 9.43.